The minimum Gasteiger partial charge on any atom is -0.467 e. The molecular formula is C14H16BrN3O2. The van der Waals surface area contributed by atoms with Crippen molar-refractivity contribution in [3.05, 3.63) is 46.7 Å². The lowest BCUT2D eigenvalue weighted by atomic mass is 10.1. The zero-order valence-electron chi connectivity index (χ0n) is 11.3. The molecule has 0 aliphatic carbocycles. The number of rotatable bonds is 5. The molecule has 106 valence electrons. The molecule has 0 amide bonds. The van der Waals surface area contributed by atoms with Crippen molar-refractivity contribution in [1.82, 2.24) is 9.78 Å². The van der Waals surface area contributed by atoms with Gasteiger partial charge in [0, 0.05) is 28.5 Å². The maximum absolute atomic E-state index is 12.0. The third-order valence-corrected chi connectivity index (χ3v) is 3.43. The summed E-state index contributed by atoms with van der Waals surface area (Å²) in [4.78, 5) is 12.0. The van der Waals surface area contributed by atoms with E-state index >= 15 is 0 Å². The van der Waals surface area contributed by atoms with Gasteiger partial charge < -0.3 is 10.1 Å². The predicted molar refractivity (Wildman–Crippen MR) is 80.4 cm³/mol. The summed E-state index contributed by atoms with van der Waals surface area (Å²) < 4.78 is 7.61. The Morgan fingerprint density at radius 3 is 2.70 bits per heavy atom. The highest BCUT2D eigenvalue weighted by Gasteiger charge is 2.22. The quantitative estimate of drug-likeness (QED) is 0.852. The van der Waals surface area contributed by atoms with E-state index in [1.807, 2.05) is 37.4 Å². The van der Waals surface area contributed by atoms with Crippen LogP contribution < -0.4 is 5.32 Å². The molecule has 0 aliphatic heterocycles. The maximum atomic E-state index is 12.0. The van der Waals surface area contributed by atoms with E-state index in [2.05, 4.69) is 26.3 Å². The lowest BCUT2D eigenvalue weighted by molar-refractivity contribution is -0.141. The molecule has 0 radical (unpaired) electrons. The van der Waals surface area contributed by atoms with Gasteiger partial charge in [-0.15, -0.1) is 0 Å². The van der Waals surface area contributed by atoms with Crippen LogP contribution >= 0.6 is 15.9 Å². The first kappa shape index (κ1) is 14.6. The van der Waals surface area contributed by atoms with Crippen molar-refractivity contribution in [2.75, 3.05) is 12.4 Å². The van der Waals surface area contributed by atoms with Crippen molar-refractivity contribution in [3.63, 3.8) is 0 Å². The summed E-state index contributed by atoms with van der Waals surface area (Å²) in [6, 6.07) is 7.04. The van der Waals surface area contributed by atoms with Crippen molar-refractivity contribution in [3.8, 4) is 0 Å². The van der Waals surface area contributed by atoms with Crippen LogP contribution in [0.1, 0.15) is 18.5 Å². The van der Waals surface area contributed by atoms with Gasteiger partial charge in [0.05, 0.1) is 13.3 Å². The van der Waals surface area contributed by atoms with Crippen LogP contribution in [-0.2, 0) is 16.1 Å². The lowest BCUT2D eigenvalue weighted by Crippen LogP contribution is -2.22. The Bertz CT molecular complexity index is 580. The molecule has 20 heavy (non-hydrogen) atoms. The van der Waals surface area contributed by atoms with Crippen LogP contribution in [0.15, 0.2) is 41.1 Å². The molecule has 2 rings (SSSR count). The van der Waals surface area contributed by atoms with Gasteiger partial charge in [0.15, 0.2) is 6.04 Å². The average Bonchev–Trinajstić information content (AvgIpc) is 2.94. The summed E-state index contributed by atoms with van der Waals surface area (Å²) in [5.74, 6) is -0.344. The number of esters is 1. The highest BCUT2D eigenvalue weighted by Crippen LogP contribution is 2.22. The van der Waals surface area contributed by atoms with E-state index in [1.54, 1.807) is 10.9 Å². The minimum atomic E-state index is -0.568. The molecular weight excluding hydrogens is 322 g/mol. The maximum Gasteiger partial charge on any atom is 0.333 e. The number of anilines is 1. The fourth-order valence-electron chi connectivity index (χ4n) is 1.81. The monoisotopic (exact) mass is 337 g/mol. The number of aryl methyl sites for hydroxylation is 1. The zero-order valence-corrected chi connectivity index (χ0v) is 12.9. The molecule has 2 aromatic rings. The largest absolute Gasteiger partial charge is 0.467 e. The van der Waals surface area contributed by atoms with Crippen LogP contribution in [0.2, 0.25) is 0 Å². The normalized spacial score (nSPS) is 11.9. The second-order valence-corrected chi connectivity index (χ2v) is 5.15. The Hall–Kier alpha value is -1.82. The third kappa shape index (κ3) is 3.39. The molecule has 1 aromatic heterocycles. The molecule has 0 saturated heterocycles. The number of benzene rings is 1. The first-order valence-electron chi connectivity index (χ1n) is 6.26. The van der Waals surface area contributed by atoms with E-state index in [4.69, 9.17) is 4.74 Å². The van der Waals surface area contributed by atoms with Gasteiger partial charge in [0.1, 0.15) is 0 Å². The van der Waals surface area contributed by atoms with Gasteiger partial charge >= 0.3 is 5.97 Å². The second-order valence-electron chi connectivity index (χ2n) is 4.24. The van der Waals surface area contributed by atoms with Crippen molar-refractivity contribution in [2.45, 2.75) is 19.5 Å². The number of halogens is 1. The van der Waals surface area contributed by atoms with Crippen LogP contribution in [0.3, 0.4) is 0 Å². The predicted octanol–water partition coefficient (Wildman–Crippen LogP) is 2.99. The first-order chi connectivity index (χ1) is 9.63. The summed E-state index contributed by atoms with van der Waals surface area (Å²) in [6.45, 7) is 2.75. The Balaban J connectivity index is 2.23. The minimum absolute atomic E-state index is 0.344. The standard InChI is InChI=1S/C14H16BrN3O2/c1-3-18-9-10(8-16-18)13(14(19)20-2)17-12-6-4-11(15)5-7-12/h4-9,13,17H,3H2,1-2H3. The number of ether oxygens (including phenoxy) is 1. The summed E-state index contributed by atoms with van der Waals surface area (Å²) in [6.07, 6.45) is 3.52. The number of nitrogens with zero attached hydrogens (tertiary/aromatic N) is 2. The van der Waals surface area contributed by atoms with Crippen LogP contribution in [-0.4, -0.2) is 22.9 Å². The molecule has 1 aromatic carbocycles. The van der Waals surface area contributed by atoms with Gasteiger partial charge in [-0.2, -0.15) is 5.10 Å². The fraction of sp³-hybridized carbons (Fsp3) is 0.286. The lowest BCUT2D eigenvalue weighted by Gasteiger charge is -2.16. The molecule has 0 aliphatic rings. The van der Waals surface area contributed by atoms with E-state index in [0.717, 1.165) is 22.3 Å². The topological polar surface area (TPSA) is 56.2 Å². The highest BCUT2D eigenvalue weighted by atomic mass is 79.9. The Morgan fingerprint density at radius 2 is 2.15 bits per heavy atom. The van der Waals surface area contributed by atoms with Gasteiger partial charge in [-0.05, 0) is 31.2 Å². The van der Waals surface area contributed by atoms with E-state index in [1.165, 1.54) is 7.11 Å². The Kier molecular flexibility index (Phi) is 4.79. The molecule has 6 heteroatoms. The molecule has 0 spiro atoms. The van der Waals surface area contributed by atoms with Crippen LogP contribution in [0, 0.1) is 0 Å². The van der Waals surface area contributed by atoms with E-state index in [0.29, 0.717) is 0 Å². The smallest absolute Gasteiger partial charge is 0.333 e. The number of nitrogens with one attached hydrogen (secondary N) is 1. The van der Waals surface area contributed by atoms with Gasteiger partial charge in [-0.1, -0.05) is 15.9 Å². The van der Waals surface area contributed by atoms with Gasteiger partial charge in [-0.3, -0.25) is 4.68 Å². The molecule has 0 saturated carbocycles. The summed E-state index contributed by atoms with van der Waals surface area (Å²) in [7, 11) is 1.38. The summed E-state index contributed by atoms with van der Waals surface area (Å²) >= 11 is 3.38. The third-order valence-electron chi connectivity index (χ3n) is 2.90. The summed E-state index contributed by atoms with van der Waals surface area (Å²) in [5, 5.41) is 7.35. The number of methoxy groups -OCH3 is 1. The number of carbonyl (C=O) groups is 1. The van der Waals surface area contributed by atoms with E-state index in [9.17, 15) is 4.79 Å². The number of carbonyl (C=O) groups excluding carboxylic acids is 1. The molecule has 5 nitrogen and oxygen atoms in total. The highest BCUT2D eigenvalue weighted by molar-refractivity contribution is 9.10. The number of aromatic nitrogens is 2. The fourth-order valence-corrected chi connectivity index (χ4v) is 2.07. The van der Waals surface area contributed by atoms with E-state index in [-0.39, 0.29) is 5.97 Å². The zero-order chi connectivity index (χ0) is 14.5. The molecule has 1 atom stereocenters. The Labute approximate surface area is 126 Å². The van der Waals surface area contributed by atoms with Crippen LogP contribution in [0.25, 0.3) is 0 Å². The number of hydrogen-bond acceptors (Lipinski definition) is 4. The van der Waals surface area contributed by atoms with Gasteiger partial charge in [0.2, 0.25) is 0 Å². The van der Waals surface area contributed by atoms with Gasteiger partial charge in [-0.25, -0.2) is 4.79 Å². The van der Waals surface area contributed by atoms with Crippen molar-refractivity contribution in [2.24, 2.45) is 0 Å². The molecule has 0 fully saturated rings. The molecule has 1 heterocycles. The molecule has 0 bridgehead atoms. The molecule has 1 N–H and O–H groups in total. The van der Waals surface area contributed by atoms with Crippen LogP contribution in [0.4, 0.5) is 5.69 Å². The van der Waals surface area contributed by atoms with Crippen molar-refractivity contribution in [1.29, 1.82) is 0 Å². The van der Waals surface area contributed by atoms with Crippen LogP contribution in [0.5, 0.6) is 0 Å². The van der Waals surface area contributed by atoms with Crippen molar-refractivity contribution >= 4 is 27.6 Å². The van der Waals surface area contributed by atoms with E-state index < -0.39 is 6.04 Å². The number of hydrogen-bond donors (Lipinski definition) is 1. The molecule has 1 unspecified atom stereocenters. The van der Waals surface area contributed by atoms with Gasteiger partial charge in [0.25, 0.3) is 0 Å². The Morgan fingerprint density at radius 1 is 1.45 bits per heavy atom. The SMILES string of the molecule is CCn1cc(C(Nc2ccc(Br)cc2)C(=O)OC)cn1. The summed E-state index contributed by atoms with van der Waals surface area (Å²) in [5.41, 5.74) is 1.62. The average molecular weight is 338 g/mol. The first-order valence-corrected chi connectivity index (χ1v) is 7.05. The second kappa shape index (κ2) is 6.56. The van der Waals surface area contributed by atoms with Crippen molar-refractivity contribution < 1.29 is 9.53 Å².